The Balaban J connectivity index is 1.92. The molecule has 1 heterocycles. The van der Waals surface area contributed by atoms with Crippen molar-refractivity contribution in [2.75, 3.05) is 19.6 Å². The van der Waals surface area contributed by atoms with Gasteiger partial charge in [-0.15, -0.1) is 0 Å². The molecule has 2 rings (SSSR count). The van der Waals surface area contributed by atoms with Crippen LogP contribution in [0.3, 0.4) is 0 Å². The summed E-state index contributed by atoms with van der Waals surface area (Å²) in [5.41, 5.74) is 1.82. The lowest BCUT2D eigenvalue weighted by Crippen LogP contribution is -2.41. The number of aliphatic hydroxyl groups is 1. The Morgan fingerprint density at radius 3 is 2.50 bits per heavy atom. The Bertz CT molecular complexity index is 511. The minimum atomic E-state index is -0.670. The standard InChI is InChI=1S/C18H28N2O2/c1-17(2,3)14-7-5-13(6-8-14)15(21)11-20-16(22)18(4)9-10-19-12-18/h5-8,15,19,21H,9-12H2,1-4H3,(H,20,22). The number of rotatable bonds is 4. The highest BCUT2D eigenvalue weighted by Crippen LogP contribution is 2.26. The molecule has 0 saturated carbocycles. The molecule has 122 valence electrons. The maximum absolute atomic E-state index is 12.2. The van der Waals surface area contributed by atoms with Gasteiger partial charge in [-0.25, -0.2) is 0 Å². The zero-order chi connectivity index (χ0) is 16.4. The molecule has 0 aliphatic carbocycles. The fourth-order valence-corrected chi connectivity index (χ4v) is 2.74. The highest BCUT2D eigenvalue weighted by molar-refractivity contribution is 5.82. The van der Waals surface area contributed by atoms with Crippen LogP contribution in [0, 0.1) is 5.41 Å². The fourth-order valence-electron chi connectivity index (χ4n) is 2.74. The minimum absolute atomic E-state index is 0.0165. The van der Waals surface area contributed by atoms with E-state index in [0.717, 1.165) is 18.5 Å². The molecule has 1 saturated heterocycles. The number of carbonyl (C=O) groups is 1. The van der Waals surface area contributed by atoms with Crippen LogP contribution in [0.2, 0.25) is 0 Å². The summed E-state index contributed by atoms with van der Waals surface area (Å²) in [7, 11) is 0. The van der Waals surface area contributed by atoms with E-state index in [-0.39, 0.29) is 23.3 Å². The molecule has 2 unspecified atom stereocenters. The van der Waals surface area contributed by atoms with Gasteiger partial charge in [0.25, 0.3) is 0 Å². The van der Waals surface area contributed by atoms with Gasteiger partial charge in [0.05, 0.1) is 11.5 Å². The first-order valence-electron chi connectivity index (χ1n) is 8.00. The SMILES string of the molecule is CC1(C(=O)NCC(O)c2ccc(C(C)(C)C)cc2)CCNC1. The van der Waals surface area contributed by atoms with Gasteiger partial charge < -0.3 is 15.7 Å². The molecule has 2 atom stereocenters. The van der Waals surface area contributed by atoms with Gasteiger partial charge in [-0.2, -0.15) is 0 Å². The quantitative estimate of drug-likeness (QED) is 0.798. The number of hydrogen-bond donors (Lipinski definition) is 3. The molecular weight excluding hydrogens is 276 g/mol. The predicted octanol–water partition coefficient (Wildman–Crippen LogP) is 2.13. The number of hydrogen-bond acceptors (Lipinski definition) is 3. The summed E-state index contributed by atoms with van der Waals surface area (Å²) >= 11 is 0. The Labute approximate surface area is 133 Å². The van der Waals surface area contributed by atoms with Crippen molar-refractivity contribution >= 4 is 5.91 Å². The van der Waals surface area contributed by atoms with Gasteiger partial charge in [0.1, 0.15) is 0 Å². The van der Waals surface area contributed by atoms with E-state index in [2.05, 4.69) is 31.4 Å². The van der Waals surface area contributed by atoms with E-state index in [1.807, 2.05) is 31.2 Å². The van der Waals surface area contributed by atoms with Gasteiger partial charge in [0.15, 0.2) is 0 Å². The van der Waals surface area contributed by atoms with Crippen molar-refractivity contribution < 1.29 is 9.90 Å². The summed E-state index contributed by atoms with van der Waals surface area (Å²) in [4.78, 5) is 12.2. The first-order chi connectivity index (χ1) is 10.2. The van der Waals surface area contributed by atoms with Crippen LogP contribution in [0.5, 0.6) is 0 Å². The number of amides is 1. The van der Waals surface area contributed by atoms with Crippen LogP contribution in [-0.2, 0) is 10.2 Å². The van der Waals surface area contributed by atoms with Crippen molar-refractivity contribution in [2.45, 2.75) is 45.6 Å². The average Bonchev–Trinajstić information content (AvgIpc) is 2.91. The van der Waals surface area contributed by atoms with E-state index in [0.29, 0.717) is 6.54 Å². The molecule has 3 N–H and O–H groups in total. The summed E-state index contributed by atoms with van der Waals surface area (Å²) < 4.78 is 0. The second-order valence-corrected chi connectivity index (χ2v) is 7.59. The highest BCUT2D eigenvalue weighted by atomic mass is 16.3. The smallest absolute Gasteiger partial charge is 0.227 e. The van der Waals surface area contributed by atoms with Crippen LogP contribution in [0.15, 0.2) is 24.3 Å². The molecule has 1 aliphatic heterocycles. The van der Waals surface area contributed by atoms with E-state index in [1.54, 1.807) is 0 Å². The summed E-state index contributed by atoms with van der Waals surface area (Å²) in [5, 5.41) is 16.3. The molecule has 1 amide bonds. The van der Waals surface area contributed by atoms with Crippen LogP contribution >= 0.6 is 0 Å². The Kier molecular flexibility index (Phi) is 4.93. The Morgan fingerprint density at radius 2 is 2.00 bits per heavy atom. The second-order valence-electron chi connectivity index (χ2n) is 7.59. The highest BCUT2D eigenvalue weighted by Gasteiger charge is 2.36. The summed E-state index contributed by atoms with van der Waals surface area (Å²) in [5.74, 6) is 0.0165. The number of benzene rings is 1. The van der Waals surface area contributed by atoms with Crippen LogP contribution in [0.25, 0.3) is 0 Å². The van der Waals surface area contributed by atoms with Crippen molar-refractivity contribution in [2.24, 2.45) is 5.41 Å². The molecule has 0 radical (unpaired) electrons. The first-order valence-corrected chi connectivity index (χ1v) is 8.00. The van der Waals surface area contributed by atoms with E-state index in [4.69, 9.17) is 0 Å². The lowest BCUT2D eigenvalue weighted by Gasteiger charge is -2.23. The molecule has 0 spiro atoms. The van der Waals surface area contributed by atoms with Gasteiger partial charge >= 0.3 is 0 Å². The van der Waals surface area contributed by atoms with Gasteiger partial charge in [-0.3, -0.25) is 4.79 Å². The lowest BCUT2D eigenvalue weighted by molar-refractivity contribution is -0.129. The third-order valence-corrected chi connectivity index (χ3v) is 4.53. The normalized spacial score (nSPS) is 23.3. The fraction of sp³-hybridized carbons (Fsp3) is 0.611. The molecule has 22 heavy (non-hydrogen) atoms. The van der Waals surface area contributed by atoms with Crippen LogP contribution in [0.1, 0.15) is 51.3 Å². The molecule has 1 fully saturated rings. The summed E-state index contributed by atoms with van der Waals surface area (Å²) in [6.07, 6.45) is 0.172. The average molecular weight is 304 g/mol. The zero-order valence-electron chi connectivity index (χ0n) is 14.1. The van der Waals surface area contributed by atoms with Gasteiger partial charge in [-0.05, 0) is 36.4 Å². The Hall–Kier alpha value is -1.39. The predicted molar refractivity (Wildman–Crippen MR) is 88.7 cm³/mol. The van der Waals surface area contributed by atoms with Gasteiger partial charge in [-0.1, -0.05) is 45.0 Å². The molecule has 1 aromatic carbocycles. The topological polar surface area (TPSA) is 61.4 Å². The number of aliphatic hydroxyl groups excluding tert-OH is 1. The van der Waals surface area contributed by atoms with Crippen LogP contribution in [0.4, 0.5) is 0 Å². The van der Waals surface area contributed by atoms with E-state index in [9.17, 15) is 9.90 Å². The summed E-state index contributed by atoms with van der Waals surface area (Å²) in [6, 6.07) is 7.97. The minimum Gasteiger partial charge on any atom is -0.387 e. The zero-order valence-corrected chi connectivity index (χ0v) is 14.1. The van der Waals surface area contributed by atoms with Crippen molar-refractivity contribution in [3.05, 3.63) is 35.4 Å². The summed E-state index contributed by atoms with van der Waals surface area (Å²) in [6.45, 7) is 10.3. The van der Waals surface area contributed by atoms with Crippen molar-refractivity contribution in [3.8, 4) is 0 Å². The van der Waals surface area contributed by atoms with Gasteiger partial charge in [0.2, 0.25) is 5.91 Å². The van der Waals surface area contributed by atoms with E-state index in [1.165, 1.54) is 5.56 Å². The van der Waals surface area contributed by atoms with Crippen molar-refractivity contribution in [1.29, 1.82) is 0 Å². The van der Waals surface area contributed by atoms with Crippen LogP contribution in [-0.4, -0.2) is 30.6 Å². The first kappa shape index (κ1) is 17.0. The molecule has 1 aromatic rings. The molecule has 0 aromatic heterocycles. The third-order valence-electron chi connectivity index (χ3n) is 4.53. The van der Waals surface area contributed by atoms with Gasteiger partial charge in [0, 0.05) is 13.1 Å². The maximum atomic E-state index is 12.2. The number of nitrogens with one attached hydrogen (secondary N) is 2. The number of carbonyl (C=O) groups excluding carboxylic acids is 1. The molecule has 4 heteroatoms. The molecular formula is C18H28N2O2. The maximum Gasteiger partial charge on any atom is 0.227 e. The van der Waals surface area contributed by atoms with E-state index < -0.39 is 6.10 Å². The largest absolute Gasteiger partial charge is 0.387 e. The monoisotopic (exact) mass is 304 g/mol. The lowest BCUT2D eigenvalue weighted by atomic mass is 9.86. The third kappa shape index (κ3) is 3.87. The van der Waals surface area contributed by atoms with Crippen molar-refractivity contribution in [1.82, 2.24) is 10.6 Å². The Morgan fingerprint density at radius 1 is 1.36 bits per heavy atom. The van der Waals surface area contributed by atoms with Crippen LogP contribution < -0.4 is 10.6 Å². The second kappa shape index (κ2) is 6.39. The van der Waals surface area contributed by atoms with Crippen molar-refractivity contribution in [3.63, 3.8) is 0 Å². The molecule has 0 bridgehead atoms. The molecule has 4 nitrogen and oxygen atoms in total. The molecule has 1 aliphatic rings. The van der Waals surface area contributed by atoms with E-state index >= 15 is 0 Å².